The molecule has 0 spiro atoms. The van der Waals surface area contributed by atoms with E-state index >= 15 is 0 Å². The molecule has 11 heteroatoms. The van der Waals surface area contributed by atoms with Gasteiger partial charge in [-0.2, -0.15) is 26.3 Å². The monoisotopic (exact) mass is 453 g/mol. The van der Waals surface area contributed by atoms with Crippen molar-refractivity contribution in [3.8, 4) is 0 Å². The minimum atomic E-state index is -5.03. The topological polar surface area (TPSA) is 61.6 Å². The molecule has 170 valence electrons. The summed E-state index contributed by atoms with van der Waals surface area (Å²) in [6.07, 6.45) is -13.1. The van der Waals surface area contributed by atoms with E-state index in [1.54, 1.807) is 0 Å². The van der Waals surface area contributed by atoms with Crippen LogP contribution in [-0.2, 0) is 21.8 Å². The van der Waals surface area contributed by atoms with Gasteiger partial charge in [0.1, 0.15) is 5.82 Å². The molecule has 2 atom stereocenters. The second-order valence-corrected chi connectivity index (χ2v) is 6.48. The van der Waals surface area contributed by atoms with Crippen LogP contribution in [0.3, 0.4) is 0 Å². The summed E-state index contributed by atoms with van der Waals surface area (Å²) in [4.78, 5) is 12.6. The maximum absolute atomic E-state index is 13.1. The molecule has 0 unspecified atom stereocenters. The third kappa shape index (κ3) is 6.74. The fraction of sp³-hybridized carbons (Fsp3) is 0.350. The summed E-state index contributed by atoms with van der Waals surface area (Å²) in [6.45, 7) is 0.958. The lowest BCUT2D eigenvalue weighted by Gasteiger charge is -2.23. The van der Waals surface area contributed by atoms with Crippen molar-refractivity contribution in [2.45, 2.75) is 31.7 Å². The Kier molecular flexibility index (Phi) is 7.79. The summed E-state index contributed by atoms with van der Waals surface area (Å²) < 4.78 is 102. The van der Waals surface area contributed by atoms with E-state index in [4.69, 9.17) is 15.2 Å². The minimum absolute atomic E-state index is 0.0116. The molecule has 2 aromatic rings. The van der Waals surface area contributed by atoms with Gasteiger partial charge >= 0.3 is 12.4 Å². The molecular weight excluding hydrogens is 435 g/mol. The highest BCUT2D eigenvalue weighted by Crippen LogP contribution is 2.38. The molecule has 2 N–H and O–H groups in total. The van der Waals surface area contributed by atoms with Gasteiger partial charge in [0.15, 0.2) is 0 Å². The molecule has 4 nitrogen and oxygen atoms in total. The molecular formula is C20H18F7NO3. The van der Waals surface area contributed by atoms with Crippen molar-refractivity contribution in [1.82, 2.24) is 0 Å². The number of nitrogens with two attached hydrogens (primary N) is 1. The van der Waals surface area contributed by atoms with Crippen LogP contribution in [0.4, 0.5) is 30.7 Å². The Labute approximate surface area is 172 Å². The molecule has 2 rings (SSSR count). The van der Waals surface area contributed by atoms with E-state index in [9.17, 15) is 35.5 Å². The number of hydrogen-bond donors (Lipinski definition) is 1. The average molecular weight is 453 g/mol. The Bertz CT molecular complexity index is 863. The van der Waals surface area contributed by atoms with Crippen molar-refractivity contribution >= 4 is 5.78 Å². The molecule has 0 aliphatic rings. The highest BCUT2D eigenvalue weighted by molar-refractivity contribution is 5.98. The maximum atomic E-state index is 13.1. The van der Waals surface area contributed by atoms with Crippen molar-refractivity contribution in [2.24, 2.45) is 5.73 Å². The van der Waals surface area contributed by atoms with E-state index in [0.29, 0.717) is 12.1 Å². The number of ether oxygens (including phenoxy) is 2. The third-order valence-electron chi connectivity index (χ3n) is 4.14. The molecule has 0 aromatic heterocycles. The third-order valence-corrected chi connectivity index (χ3v) is 4.14. The summed E-state index contributed by atoms with van der Waals surface area (Å²) in [7, 11) is 0. The minimum Gasteiger partial charge on any atom is -0.344 e. The van der Waals surface area contributed by atoms with Gasteiger partial charge in [-0.15, -0.1) is 0 Å². The van der Waals surface area contributed by atoms with Gasteiger partial charge < -0.3 is 15.2 Å². The highest BCUT2D eigenvalue weighted by atomic mass is 19.4. The molecule has 0 amide bonds. The van der Waals surface area contributed by atoms with Gasteiger partial charge in [-0.25, -0.2) is 4.39 Å². The van der Waals surface area contributed by atoms with E-state index in [0.717, 1.165) is 24.3 Å². The van der Waals surface area contributed by atoms with Crippen LogP contribution in [0, 0.1) is 5.82 Å². The number of alkyl halides is 6. The number of Topliss-reactive ketones (excluding diaryl/α,β-unsaturated/α-hetero) is 1. The van der Waals surface area contributed by atoms with Crippen LogP contribution in [0.5, 0.6) is 0 Å². The number of carbonyl (C=O) groups excluding carboxylic acids is 1. The molecule has 0 radical (unpaired) electrons. The van der Waals surface area contributed by atoms with E-state index in [1.807, 2.05) is 0 Å². The van der Waals surface area contributed by atoms with Gasteiger partial charge in [0.05, 0.1) is 23.8 Å². The quantitative estimate of drug-likeness (QED) is 0.342. The van der Waals surface area contributed by atoms with Crippen molar-refractivity contribution in [3.63, 3.8) is 0 Å². The normalized spacial score (nSPS) is 14.4. The first-order valence-electron chi connectivity index (χ1n) is 8.89. The second-order valence-electron chi connectivity index (χ2n) is 6.48. The molecule has 0 heterocycles. The van der Waals surface area contributed by atoms with Crippen LogP contribution in [0.25, 0.3) is 0 Å². The molecule has 0 fully saturated rings. The van der Waals surface area contributed by atoms with E-state index in [1.165, 1.54) is 6.92 Å². The molecule has 0 saturated carbocycles. The average Bonchev–Trinajstić information content (AvgIpc) is 2.69. The Balaban J connectivity index is 2.36. The van der Waals surface area contributed by atoms with Gasteiger partial charge in [0.25, 0.3) is 0 Å². The smallest absolute Gasteiger partial charge is 0.344 e. The fourth-order valence-electron chi connectivity index (χ4n) is 2.58. The molecule has 0 bridgehead atoms. The first kappa shape index (κ1) is 24.8. The lowest BCUT2D eigenvalue weighted by Crippen LogP contribution is -2.31. The number of benzene rings is 2. The zero-order valence-corrected chi connectivity index (χ0v) is 16.1. The second kappa shape index (κ2) is 9.75. The van der Waals surface area contributed by atoms with Crippen LogP contribution >= 0.6 is 0 Å². The summed E-state index contributed by atoms with van der Waals surface area (Å²) in [6, 6.07) is 5.26. The standard InChI is InChI=1S/C20H18F7NO3/c1-11(13-8-14(19(22,23)24)10-15(9-13)20(25,26)27)31-18(30-7-6-28)17(29)12-2-4-16(21)5-3-12/h2-5,8-11,18H,6-7,28H2,1H3/t11-,18-/m1/s1. The van der Waals surface area contributed by atoms with Crippen molar-refractivity contribution in [1.29, 1.82) is 0 Å². The molecule has 0 saturated heterocycles. The maximum Gasteiger partial charge on any atom is 0.416 e. The summed E-state index contributed by atoms with van der Waals surface area (Å²) >= 11 is 0. The number of halogens is 7. The van der Waals surface area contributed by atoms with E-state index < -0.39 is 53.0 Å². The van der Waals surface area contributed by atoms with Gasteiger partial charge in [0.2, 0.25) is 12.1 Å². The predicted molar refractivity (Wildman–Crippen MR) is 95.5 cm³/mol. The van der Waals surface area contributed by atoms with Crippen LogP contribution in [0.2, 0.25) is 0 Å². The van der Waals surface area contributed by atoms with Crippen LogP contribution < -0.4 is 5.73 Å². The molecule has 31 heavy (non-hydrogen) atoms. The van der Waals surface area contributed by atoms with Crippen LogP contribution in [0.15, 0.2) is 42.5 Å². The van der Waals surface area contributed by atoms with Crippen molar-refractivity contribution in [2.75, 3.05) is 13.2 Å². The summed E-state index contributed by atoms with van der Waals surface area (Å²) in [5.74, 6) is -1.42. The molecule has 2 aromatic carbocycles. The van der Waals surface area contributed by atoms with Gasteiger partial charge in [0, 0.05) is 12.1 Å². The number of carbonyl (C=O) groups is 1. The van der Waals surface area contributed by atoms with Crippen molar-refractivity contribution in [3.05, 3.63) is 70.5 Å². The van der Waals surface area contributed by atoms with E-state index in [-0.39, 0.29) is 24.8 Å². The summed E-state index contributed by atoms with van der Waals surface area (Å²) in [5, 5.41) is 0. The predicted octanol–water partition coefficient (Wildman–Crippen LogP) is 5.13. The fourth-order valence-corrected chi connectivity index (χ4v) is 2.58. The zero-order valence-electron chi connectivity index (χ0n) is 16.1. The number of rotatable bonds is 8. The Hall–Kier alpha value is -2.50. The first-order valence-corrected chi connectivity index (χ1v) is 8.89. The zero-order chi connectivity index (χ0) is 23.4. The van der Waals surface area contributed by atoms with Crippen molar-refractivity contribution < 1.29 is 45.0 Å². The Morgan fingerprint density at radius 2 is 1.48 bits per heavy atom. The number of hydrogen-bond acceptors (Lipinski definition) is 4. The summed E-state index contributed by atoms with van der Waals surface area (Å²) in [5.41, 5.74) is 1.79. The largest absolute Gasteiger partial charge is 0.416 e. The highest BCUT2D eigenvalue weighted by Gasteiger charge is 2.37. The van der Waals surface area contributed by atoms with E-state index in [2.05, 4.69) is 0 Å². The molecule has 0 aliphatic heterocycles. The van der Waals surface area contributed by atoms with Gasteiger partial charge in [-0.1, -0.05) is 0 Å². The van der Waals surface area contributed by atoms with Gasteiger partial charge in [-0.05, 0) is 55.0 Å². The van der Waals surface area contributed by atoms with Gasteiger partial charge in [-0.3, -0.25) is 4.79 Å². The first-order chi connectivity index (χ1) is 14.3. The molecule has 0 aliphatic carbocycles. The number of ketones is 1. The SMILES string of the molecule is C[C@@H](O[C@@H](OCCN)C(=O)c1ccc(F)cc1)c1cc(C(F)(F)F)cc(C(F)(F)F)c1. The lowest BCUT2D eigenvalue weighted by molar-refractivity contribution is -0.145. The Morgan fingerprint density at radius 3 is 1.94 bits per heavy atom. The Morgan fingerprint density at radius 1 is 0.968 bits per heavy atom. The van der Waals surface area contributed by atoms with Crippen LogP contribution in [-0.4, -0.2) is 25.2 Å². The van der Waals surface area contributed by atoms with Crippen LogP contribution in [0.1, 0.15) is 40.1 Å². The lowest BCUT2D eigenvalue weighted by atomic mass is 10.0.